The fourth-order valence-electron chi connectivity index (χ4n) is 1.23. The molecule has 2 rings (SSSR count). The summed E-state index contributed by atoms with van der Waals surface area (Å²) in [5, 5.41) is 0. The molecule has 0 aromatic heterocycles. The van der Waals surface area contributed by atoms with Gasteiger partial charge in [0.15, 0.2) is 11.5 Å². The van der Waals surface area contributed by atoms with Crippen molar-refractivity contribution in [2.45, 2.75) is 20.3 Å². The number of ether oxygens (including phenoxy) is 2. The van der Waals surface area contributed by atoms with Crippen LogP contribution in [0.2, 0.25) is 0 Å². The lowest BCUT2D eigenvalue weighted by Crippen LogP contribution is -1.92. The summed E-state index contributed by atoms with van der Waals surface area (Å²) in [5.41, 5.74) is 1.20. The maximum absolute atomic E-state index is 5.23. The summed E-state index contributed by atoms with van der Waals surface area (Å²) < 4.78 is 10.4. The van der Waals surface area contributed by atoms with Crippen LogP contribution >= 0.6 is 0 Å². The second-order valence-electron chi connectivity index (χ2n) is 2.68. The van der Waals surface area contributed by atoms with E-state index in [0.717, 1.165) is 17.9 Å². The smallest absolute Gasteiger partial charge is 0.231 e. The highest BCUT2D eigenvalue weighted by atomic mass is 16.7. The van der Waals surface area contributed by atoms with Crippen molar-refractivity contribution in [1.29, 1.82) is 0 Å². The molecule has 0 amide bonds. The summed E-state index contributed by atoms with van der Waals surface area (Å²) in [7, 11) is 0. The first kappa shape index (κ1) is 10.6. The minimum absolute atomic E-state index is 0.340. The van der Waals surface area contributed by atoms with E-state index in [-0.39, 0.29) is 0 Å². The third-order valence-corrected chi connectivity index (χ3v) is 1.82. The van der Waals surface area contributed by atoms with E-state index in [1.165, 1.54) is 5.56 Å². The minimum Gasteiger partial charge on any atom is -0.454 e. The van der Waals surface area contributed by atoms with E-state index in [4.69, 9.17) is 9.47 Å². The van der Waals surface area contributed by atoms with Crippen LogP contribution in [0.1, 0.15) is 19.4 Å². The average molecular weight is 192 g/mol. The molecule has 76 valence electrons. The zero-order valence-corrected chi connectivity index (χ0v) is 8.75. The molecule has 0 saturated heterocycles. The number of fused-ring (bicyclic) bond motifs is 1. The van der Waals surface area contributed by atoms with E-state index in [0.29, 0.717) is 6.79 Å². The Morgan fingerprint density at radius 3 is 2.71 bits per heavy atom. The quantitative estimate of drug-likeness (QED) is 0.670. The molecule has 2 heteroatoms. The predicted octanol–water partition coefficient (Wildman–Crippen LogP) is 3.17. The Bertz CT molecular complexity index is 305. The van der Waals surface area contributed by atoms with Gasteiger partial charge in [-0.2, -0.15) is 0 Å². The lowest BCUT2D eigenvalue weighted by molar-refractivity contribution is 0.174. The number of rotatable bonds is 2. The van der Waals surface area contributed by atoms with Crippen LogP contribution in [0.3, 0.4) is 0 Å². The second-order valence-corrected chi connectivity index (χ2v) is 2.68. The van der Waals surface area contributed by atoms with Crippen LogP contribution in [0.4, 0.5) is 0 Å². The molecule has 0 aliphatic carbocycles. The van der Waals surface area contributed by atoms with Crippen molar-refractivity contribution >= 4 is 0 Å². The summed E-state index contributed by atoms with van der Waals surface area (Å²) in [6.07, 6.45) is 2.74. The molecule has 0 N–H and O–H groups in total. The van der Waals surface area contributed by atoms with Crippen molar-refractivity contribution in [3.63, 3.8) is 0 Å². The summed E-state index contributed by atoms with van der Waals surface area (Å²) in [4.78, 5) is 0. The zero-order valence-electron chi connectivity index (χ0n) is 8.75. The van der Waals surface area contributed by atoms with E-state index in [2.05, 4.69) is 6.58 Å². The number of hydrogen-bond donors (Lipinski definition) is 0. The fourth-order valence-corrected chi connectivity index (χ4v) is 1.23. The summed E-state index contributed by atoms with van der Waals surface area (Å²) in [6, 6.07) is 5.94. The van der Waals surface area contributed by atoms with Crippen LogP contribution in [0, 0.1) is 0 Å². The van der Waals surface area contributed by atoms with Gasteiger partial charge in [-0.1, -0.05) is 26.0 Å². The van der Waals surface area contributed by atoms with E-state index in [9.17, 15) is 0 Å². The molecule has 0 saturated carbocycles. The van der Waals surface area contributed by atoms with Crippen molar-refractivity contribution in [1.82, 2.24) is 0 Å². The van der Waals surface area contributed by atoms with Gasteiger partial charge < -0.3 is 9.47 Å². The molecular formula is C12H16O2. The maximum atomic E-state index is 5.23. The Balaban J connectivity index is 0.000000461. The third kappa shape index (κ3) is 2.28. The van der Waals surface area contributed by atoms with Gasteiger partial charge >= 0.3 is 0 Å². The highest BCUT2D eigenvalue weighted by molar-refractivity contribution is 5.44. The first-order valence-corrected chi connectivity index (χ1v) is 4.89. The van der Waals surface area contributed by atoms with Gasteiger partial charge in [0, 0.05) is 0 Å². The molecule has 0 spiro atoms. The van der Waals surface area contributed by atoms with Gasteiger partial charge in [0.1, 0.15) is 0 Å². The van der Waals surface area contributed by atoms with Crippen molar-refractivity contribution < 1.29 is 9.47 Å². The van der Waals surface area contributed by atoms with Gasteiger partial charge in [-0.05, 0) is 24.1 Å². The molecule has 2 nitrogen and oxygen atoms in total. The standard InChI is InChI=1S/C10H10O2.C2H6/c1-2-3-8-4-5-9-10(6-8)12-7-11-9;1-2/h2,4-6H,1,3,7H2;1-2H3. The molecule has 0 bridgehead atoms. The van der Waals surface area contributed by atoms with Crippen molar-refractivity contribution in [2.24, 2.45) is 0 Å². The molecule has 1 aliphatic rings. The van der Waals surface area contributed by atoms with E-state index < -0.39 is 0 Å². The van der Waals surface area contributed by atoms with Crippen LogP contribution in [0.25, 0.3) is 0 Å². The summed E-state index contributed by atoms with van der Waals surface area (Å²) in [6.45, 7) is 8.02. The summed E-state index contributed by atoms with van der Waals surface area (Å²) >= 11 is 0. The van der Waals surface area contributed by atoms with E-state index in [1.54, 1.807) is 0 Å². The Morgan fingerprint density at radius 1 is 1.29 bits per heavy atom. The van der Waals surface area contributed by atoms with Crippen LogP contribution in [-0.2, 0) is 6.42 Å². The van der Waals surface area contributed by atoms with Crippen molar-refractivity contribution in [3.05, 3.63) is 36.4 Å². The van der Waals surface area contributed by atoms with Gasteiger partial charge in [0.05, 0.1) is 0 Å². The van der Waals surface area contributed by atoms with E-state index >= 15 is 0 Å². The van der Waals surface area contributed by atoms with Crippen LogP contribution in [0.15, 0.2) is 30.9 Å². The lowest BCUT2D eigenvalue weighted by atomic mass is 10.1. The molecule has 1 aromatic rings. The van der Waals surface area contributed by atoms with Gasteiger partial charge in [-0.15, -0.1) is 6.58 Å². The Hall–Kier alpha value is -1.44. The first-order chi connectivity index (χ1) is 6.90. The SMILES string of the molecule is C=CCc1ccc2c(c1)OCO2.CC. The molecular weight excluding hydrogens is 176 g/mol. The van der Waals surface area contributed by atoms with E-state index in [1.807, 2.05) is 38.1 Å². The predicted molar refractivity (Wildman–Crippen MR) is 57.8 cm³/mol. The van der Waals surface area contributed by atoms with Gasteiger partial charge in [0.25, 0.3) is 0 Å². The molecule has 14 heavy (non-hydrogen) atoms. The maximum Gasteiger partial charge on any atom is 0.231 e. The monoisotopic (exact) mass is 192 g/mol. The zero-order chi connectivity index (χ0) is 10.4. The van der Waals surface area contributed by atoms with Crippen LogP contribution in [0.5, 0.6) is 11.5 Å². The largest absolute Gasteiger partial charge is 0.454 e. The normalized spacial score (nSPS) is 11.6. The van der Waals surface area contributed by atoms with Gasteiger partial charge in [-0.25, -0.2) is 0 Å². The van der Waals surface area contributed by atoms with Gasteiger partial charge in [0.2, 0.25) is 6.79 Å². The molecule has 1 aliphatic heterocycles. The Morgan fingerprint density at radius 2 is 2.00 bits per heavy atom. The van der Waals surface area contributed by atoms with Crippen LogP contribution < -0.4 is 9.47 Å². The first-order valence-electron chi connectivity index (χ1n) is 4.89. The number of hydrogen-bond acceptors (Lipinski definition) is 2. The molecule has 0 atom stereocenters. The van der Waals surface area contributed by atoms with Gasteiger partial charge in [-0.3, -0.25) is 0 Å². The molecule has 0 unspecified atom stereocenters. The summed E-state index contributed by atoms with van der Waals surface area (Å²) in [5.74, 6) is 1.68. The van der Waals surface area contributed by atoms with Crippen LogP contribution in [-0.4, -0.2) is 6.79 Å². The average Bonchev–Trinajstić information content (AvgIpc) is 2.68. The highest BCUT2D eigenvalue weighted by Gasteiger charge is 2.12. The Labute approximate surface area is 85.2 Å². The lowest BCUT2D eigenvalue weighted by Gasteiger charge is -1.98. The second kappa shape index (κ2) is 5.32. The number of benzene rings is 1. The highest BCUT2D eigenvalue weighted by Crippen LogP contribution is 2.32. The molecule has 0 radical (unpaired) electrons. The number of allylic oxidation sites excluding steroid dienone is 1. The molecule has 1 heterocycles. The Kier molecular flexibility index (Phi) is 4.05. The molecule has 0 fully saturated rings. The topological polar surface area (TPSA) is 18.5 Å². The fraction of sp³-hybridized carbons (Fsp3) is 0.333. The van der Waals surface area contributed by atoms with Crippen molar-refractivity contribution in [2.75, 3.05) is 6.79 Å². The van der Waals surface area contributed by atoms with Crippen molar-refractivity contribution in [3.8, 4) is 11.5 Å². The molecule has 1 aromatic carbocycles. The third-order valence-electron chi connectivity index (χ3n) is 1.82. The minimum atomic E-state index is 0.340.